The minimum absolute atomic E-state index is 0.103. The number of carbonyl (C=O) groups excluding carboxylic acids is 2. The number of ether oxygens (including phenoxy) is 1. The average molecular weight is 402 g/mol. The summed E-state index contributed by atoms with van der Waals surface area (Å²) in [6.07, 6.45) is 10.9. The molecule has 1 aromatic rings. The number of carbonyl (C=O) groups is 2. The molecule has 1 aliphatic heterocycles. The molecule has 0 unspecified atom stereocenters. The minimum atomic E-state index is -0.259. The number of Topliss-reactive ketones (excluding diaryl/α,β-unsaturated/α-hetero) is 1. The molecule has 4 nitrogen and oxygen atoms in total. The van der Waals surface area contributed by atoms with Crippen LogP contribution in [-0.4, -0.2) is 35.5 Å². The van der Waals surface area contributed by atoms with E-state index in [1.54, 1.807) is 6.92 Å². The lowest BCUT2D eigenvalue weighted by Crippen LogP contribution is -2.44. The van der Waals surface area contributed by atoms with Crippen molar-refractivity contribution in [2.45, 2.75) is 97.1 Å². The molecule has 0 spiro atoms. The van der Waals surface area contributed by atoms with Crippen LogP contribution in [0.4, 0.5) is 4.79 Å². The largest absolute Gasteiger partial charge is 0.450 e. The predicted octanol–water partition coefficient (Wildman–Crippen LogP) is 6.17. The van der Waals surface area contributed by atoms with Crippen LogP contribution in [0.15, 0.2) is 30.3 Å². The number of nitrogens with zero attached hydrogens (tertiary/aromatic N) is 1. The summed E-state index contributed by atoms with van der Waals surface area (Å²) in [4.78, 5) is 27.1. The van der Waals surface area contributed by atoms with Crippen LogP contribution < -0.4 is 0 Å². The van der Waals surface area contributed by atoms with E-state index >= 15 is 0 Å². The van der Waals surface area contributed by atoms with E-state index in [-0.39, 0.29) is 29.9 Å². The quantitative estimate of drug-likeness (QED) is 0.393. The van der Waals surface area contributed by atoms with Gasteiger partial charge in [-0.15, -0.1) is 0 Å². The monoisotopic (exact) mass is 401 g/mol. The van der Waals surface area contributed by atoms with Crippen molar-refractivity contribution in [2.24, 2.45) is 5.92 Å². The zero-order valence-corrected chi connectivity index (χ0v) is 18.6. The van der Waals surface area contributed by atoms with Gasteiger partial charge in [0.05, 0.1) is 6.61 Å². The molecule has 0 saturated carbocycles. The predicted molar refractivity (Wildman–Crippen MR) is 118 cm³/mol. The first kappa shape index (κ1) is 23.4. The second-order valence-corrected chi connectivity index (χ2v) is 8.38. The number of hydrogen-bond acceptors (Lipinski definition) is 3. The molecule has 4 heteroatoms. The first-order valence-electron chi connectivity index (χ1n) is 11.6. The van der Waals surface area contributed by atoms with Crippen molar-refractivity contribution in [1.29, 1.82) is 0 Å². The number of benzene rings is 1. The third-order valence-electron chi connectivity index (χ3n) is 6.17. The number of ketones is 1. The molecule has 1 fully saturated rings. The maximum absolute atomic E-state index is 12.8. The van der Waals surface area contributed by atoms with Gasteiger partial charge in [-0.2, -0.15) is 0 Å². The summed E-state index contributed by atoms with van der Waals surface area (Å²) in [5.74, 6) is 0.0801. The SMILES string of the molecule is CCCCCCCCC[C@@H]1C[C@H](C(C)=O)[C@H](Cc2ccccc2)N1C(=O)OCC. The van der Waals surface area contributed by atoms with Gasteiger partial charge in [-0.25, -0.2) is 4.79 Å². The van der Waals surface area contributed by atoms with Gasteiger partial charge in [0, 0.05) is 18.0 Å². The van der Waals surface area contributed by atoms with Crippen LogP contribution in [0.2, 0.25) is 0 Å². The van der Waals surface area contributed by atoms with Crippen molar-refractivity contribution in [1.82, 2.24) is 4.90 Å². The normalized spacial score (nSPS) is 21.3. The van der Waals surface area contributed by atoms with Gasteiger partial charge in [-0.1, -0.05) is 82.2 Å². The van der Waals surface area contributed by atoms with Crippen LogP contribution in [0.3, 0.4) is 0 Å². The summed E-state index contributed by atoms with van der Waals surface area (Å²) in [6.45, 7) is 6.11. The Balaban J connectivity index is 2.04. The molecule has 2 rings (SSSR count). The van der Waals surface area contributed by atoms with E-state index in [1.807, 2.05) is 30.0 Å². The van der Waals surface area contributed by atoms with Crippen LogP contribution in [0, 0.1) is 5.92 Å². The van der Waals surface area contributed by atoms with E-state index in [0.29, 0.717) is 13.0 Å². The van der Waals surface area contributed by atoms with E-state index in [2.05, 4.69) is 19.1 Å². The van der Waals surface area contributed by atoms with Crippen molar-refractivity contribution < 1.29 is 14.3 Å². The Morgan fingerprint density at radius 3 is 2.28 bits per heavy atom. The molecule has 1 amide bonds. The first-order valence-corrected chi connectivity index (χ1v) is 11.6. The van der Waals surface area contributed by atoms with Crippen LogP contribution in [0.1, 0.15) is 84.1 Å². The van der Waals surface area contributed by atoms with E-state index in [9.17, 15) is 9.59 Å². The molecule has 0 aromatic heterocycles. The Morgan fingerprint density at radius 2 is 1.66 bits per heavy atom. The molecule has 1 aromatic carbocycles. The molecule has 0 N–H and O–H groups in total. The third kappa shape index (κ3) is 7.17. The number of likely N-dealkylation sites (tertiary alicyclic amines) is 1. The van der Waals surface area contributed by atoms with Gasteiger partial charge in [0.1, 0.15) is 5.78 Å². The lowest BCUT2D eigenvalue weighted by atomic mass is 9.90. The fourth-order valence-corrected chi connectivity index (χ4v) is 4.64. The molecule has 0 radical (unpaired) electrons. The van der Waals surface area contributed by atoms with Gasteiger partial charge < -0.3 is 9.64 Å². The highest BCUT2D eigenvalue weighted by Crippen LogP contribution is 2.36. The highest BCUT2D eigenvalue weighted by Gasteiger charge is 2.45. The first-order chi connectivity index (χ1) is 14.1. The molecular formula is C25H39NO3. The number of amides is 1. The molecule has 3 atom stereocenters. The summed E-state index contributed by atoms with van der Waals surface area (Å²) in [7, 11) is 0. The second kappa shape index (κ2) is 12.7. The lowest BCUT2D eigenvalue weighted by molar-refractivity contribution is -0.121. The van der Waals surface area contributed by atoms with Gasteiger partial charge >= 0.3 is 6.09 Å². The third-order valence-corrected chi connectivity index (χ3v) is 6.17. The van der Waals surface area contributed by atoms with E-state index in [0.717, 1.165) is 24.8 Å². The molecule has 162 valence electrons. The van der Waals surface area contributed by atoms with Gasteiger partial charge in [-0.05, 0) is 38.7 Å². The topological polar surface area (TPSA) is 46.6 Å². The molecule has 29 heavy (non-hydrogen) atoms. The minimum Gasteiger partial charge on any atom is -0.450 e. The van der Waals surface area contributed by atoms with Gasteiger partial charge in [0.15, 0.2) is 0 Å². The molecule has 1 heterocycles. The number of unbranched alkanes of at least 4 members (excludes halogenated alkanes) is 6. The Hall–Kier alpha value is -1.84. The summed E-state index contributed by atoms with van der Waals surface area (Å²) >= 11 is 0. The Morgan fingerprint density at radius 1 is 1.00 bits per heavy atom. The number of rotatable bonds is 12. The van der Waals surface area contributed by atoms with Gasteiger partial charge in [0.25, 0.3) is 0 Å². The molecule has 1 aliphatic rings. The van der Waals surface area contributed by atoms with E-state index in [4.69, 9.17) is 4.74 Å². The molecular weight excluding hydrogens is 362 g/mol. The summed E-state index contributed by atoms with van der Waals surface area (Å²) in [5, 5.41) is 0. The van der Waals surface area contributed by atoms with Crippen molar-refractivity contribution in [2.75, 3.05) is 6.61 Å². The highest BCUT2D eigenvalue weighted by atomic mass is 16.6. The maximum Gasteiger partial charge on any atom is 0.410 e. The van der Waals surface area contributed by atoms with Crippen molar-refractivity contribution in [3.05, 3.63) is 35.9 Å². The van der Waals surface area contributed by atoms with Crippen LogP contribution >= 0.6 is 0 Å². The van der Waals surface area contributed by atoms with E-state index < -0.39 is 0 Å². The van der Waals surface area contributed by atoms with E-state index in [1.165, 1.54) is 38.5 Å². The second-order valence-electron chi connectivity index (χ2n) is 8.38. The molecule has 0 aliphatic carbocycles. The van der Waals surface area contributed by atoms with Gasteiger partial charge in [-0.3, -0.25) is 4.79 Å². The van der Waals surface area contributed by atoms with Crippen molar-refractivity contribution in [3.63, 3.8) is 0 Å². The van der Waals surface area contributed by atoms with Crippen LogP contribution in [-0.2, 0) is 16.0 Å². The van der Waals surface area contributed by atoms with Crippen LogP contribution in [0.25, 0.3) is 0 Å². The van der Waals surface area contributed by atoms with Gasteiger partial charge in [0.2, 0.25) is 0 Å². The van der Waals surface area contributed by atoms with Crippen LogP contribution in [0.5, 0.6) is 0 Å². The van der Waals surface area contributed by atoms with Crippen molar-refractivity contribution >= 4 is 11.9 Å². The zero-order valence-electron chi connectivity index (χ0n) is 18.6. The fourth-order valence-electron chi connectivity index (χ4n) is 4.64. The Kier molecular flexibility index (Phi) is 10.2. The fraction of sp³-hybridized carbons (Fsp3) is 0.680. The standard InChI is InChI=1S/C25H39NO3/c1-4-6-7-8-9-10-14-17-22-19-23(20(3)27)24(26(22)25(28)29-5-2)18-21-15-12-11-13-16-21/h11-13,15-16,22-24H,4-10,14,17-19H2,1-3H3/t22-,23-,24+/m1/s1. The number of hydrogen-bond donors (Lipinski definition) is 0. The average Bonchev–Trinajstić information content (AvgIpc) is 3.06. The molecule has 1 saturated heterocycles. The zero-order chi connectivity index (χ0) is 21.1. The van der Waals surface area contributed by atoms with Crippen molar-refractivity contribution in [3.8, 4) is 0 Å². The summed E-state index contributed by atoms with van der Waals surface area (Å²) < 4.78 is 5.40. The summed E-state index contributed by atoms with van der Waals surface area (Å²) in [6, 6.07) is 10.2. The lowest BCUT2D eigenvalue weighted by Gasteiger charge is -2.30. The maximum atomic E-state index is 12.8. The Labute approximate surface area is 177 Å². The smallest absolute Gasteiger partial charge is 0.410 e. The summed E-state index contributed by atoms with van der Waals surface area (Å²) in [5.41, 5.74) is 1.16. The highest BCUT2D eigenvalue weighted by molar-refractivity contribution is 5.81. The molecule has 0 bridgehead atoms. The Bertz CT molecular complexity index is 616.